The van der Waals surface area contributed by atoms with E-state index in [-0.39, 0.29) is 18.2 Å². The molecule has 0 radical (unpaired) electrons. The number of carbonyl (C=O) groups is 2. The highest BCUT2D eigenvalue weighted by atomic mass is 16.4. The van der Waals surface area contributed by atoms with Crippen LogP contribution < -0.4 is 5.32 Å². The topological polar surface area (TPSA) is 66.4 Å². The van der Waals surface area contributed by atoms with Crippen molar-refractivity contribution in [3.63, 3.8) is 0 Å². The summed E-state index contributed by atoms with van der Waals surface area (Å²) in [6, 6.07) is 17.0. The van der Waals surface area contributed by atoms with Gasteiger partial charge in [-0.25, -0.2) is 0 Å². The van der Waals surface area contributed by atoms with E-state index in [1.54, 1.807) is 0 Å². The molecular formula is C19H21NO3. The third kappa shape index (κ3) is 4.68. The van der Waals surface area contributed by atoms with Crippen molar-refractivity contribution in [3.05, 3.63) is 65.7 Å². The van der Waals surface area contributed by atoms with Gasteiger partial charge in [-0.1, -0.05) is 55.0 Å². The number of hydrogen-bond donors (Lipinski definition) is 2. The second-order valence-electron chi connectivity index (χ2n) is 5.76. The summed E-state index contributed by atoms with van der Waals surface area (Å²) in [6.45, 7) is 3.86. The van der Waals surface area contributed by atoms with Crippen molar-refractivity contribution in [3.8, 4) is 0 Å². The predicted molar refractivity (Wildman–Crippen MR) is 90.4 cm³/mol. The van der Waals surface area contributed by atoms with Gasteiger partial charge in [-0.3, -0.25) is 9.59 Å². The van der Waals surface area contributed by atoms with Crippen LogP contribution >= 0.6 is 0 Å². The number of hydrogen-bond acceptors (Lipinski definition) is 2. The molecule has 1 amide bonds. The van der Waals surface area contributed by atoms with Crippen LogP contribution in [0.4, 0.5) is 5.69 Å². The molecule has 4 nitrogen and oxygen atoms in total. The van der Waals surface area contributed by atoms with Crippen LogP contribution in [-0.2, 0) is 9.59 Å². The molecule has 0 fully saturated rings. The number of aliphatic carboxylic acids is 1. The van der Waals surface area contributed by atoms with Gasteiger partial charge >= 0.3 is 5.97 Å². The Morgan fingerprint density at radius 3 is 2.22 bits per heavy atom. The Balaban J connectivity index is 2.18. The van der Waals surface area contributed by atoms with Crippen LogP contribution in [0, 0.1) is 12.8 Å². The lowest BCUT2D eigenvalue weighted by Gasteiger charge is -2.22. The SMILES string of the molecule is Cc1ccc(NC(=O)C(CC(=O)O)C(C)c2ccccc2)cc1. The fourth-order valence-corrected chi connectivity index (χ4v) is 2.55. The Bertz CT molecular complexity index is 665. The number of rotatable bonds is 6. The lowest BCUT2D eigenvalue weighted by atomic mass is 9.84. The highest BCUT2D eigenvalue weighted by Gasteiger charge is 2.28. The molecule has 2 unspecified atom stereocenters. The second kappa shape index (κ2) is 7.58. The Morgan fingerprint density at radius 2 is 1.65 bits per heavy atom. The molecule has 2 atom stereocenters. The molecule has 0 aromatic heterocycles. The molecule has 0 spiro atoms. The first-order valence-corrected chi connectivity index (χ1v) is 7.61. The number of carboxylic acid groups (broad SMARTS) is 1. The van der Waals surface area contributed by atoms with E-state index < -0.39 is 11.9 Å². The number of nitrogens with one attached hydrogen (secondary N) is 1. The van der Waals surface area contributed by atoms with E-state index in [0.717, 1.165) is 11.1 Å². The van der Waals surface area contributed by atoms with Gasteiger partial charge in [0, 0.05) is 5.69 Å². The molecule has 2 N–H and O–H groups in total. The van der Waals surface area contributed by atoms with Crippen molar-refractivity contribution in [2.75, 3.05) is 5.32 Å². The van der Waals surface area contributed by atoms with Crippen molar-refractivity contribution in [2.24, 2.45) is 5.92 Å². The maximum atomic E-state index is 12.6. The Kier molecular flexibility index (Phi) is 5.52. The third-order valence-electron chi connectivity index (χ3n) is 3.98. The first-order chi connectivity index (χ1) is 11.0. The molecule has 120 valence electrons. The summed E-state index contributed by atoms with van der Waals surface area (Å²) in [5.74, 6) is -2.06. The van der Waals surface area contributed by atoms with Crippen molar-refractivity contribution >= 4 is 17.6 Å². The van der Waals surface area contributed by atoms with Gasteiger partial charge in [0.25, 0.3) is 0 Å². The van der Waals surface area contributed by atoms with Crippen LogP contribution in [-0.4, -0.2) is 17.0 Å². The smallest absolute Gasteiger partial charge is 0.304 e. The fraction of sp³-hybridized carbons (Fsp3) is 0.263. The van der Waals surface area contributed by atoms with E-state index in [4.69, 9.17) is 5.11 Å². The summed E-state index contributed by atoms with van der Waals surface area (Å²) in [5.41, 5.74) is 2.73. The summed E-state index contributed by atoms with van der Waals surface area (Å²) >= 11 is 0. The van der Waals surface area contributed by atoms with Crippen LogP contribution in [0.25, 0.3) is 0 Å². The molecule has 0 saturated heterocycles. The Labute approximate surface area is 136 Å². The fourth-order valence-electron chi connectivity index (χ4n) is 2.55. The highest BCUT2D eigenvalue weighted by Crippen LogP contribution is 2.28. The monoisotopic (exact) mass is 311 g/mol. The molecule has 0 aliphatic rings. The van der Waals surface area contributed by atoms with Gasteiger partial charge < -0.3 is 10.4 Å². The molecular weight excluding hydrogens is 290 g/mol. The van der Waals surface area contributed by atoms with E-state index in [9.17, 15) is 9.59 Å². The molecule has 2 aromatic carbocycles. The van der Waals surface area contributed by atoms with Crippen molar-refractivity contribution in [1.82, 2.24) is 0 Å². The minimum absolute atomic E-state index is 0.183. The zero-order valence-electron chi connectivity index (χ0n) is 13.3. The van der Waals surface area contributed by atoms with Gasteiger partial charge in [0.15, 0.2) is 0 Å². The lowest BCUT2D eigenvalue weighted by molar-refractivity contribution is -0.140. The summed E-state index contributed by atoms with van der Waals surface area (Å²) in [5, 5.41) is 12.0. The Hall–Kier alpha value is -2.62. The largest absolute Gasteiger partial charge is 0.481 e. The molecule has 0 bridgehead atoms. The lowest BCUT2D eigenvalue weighted by Crippen LogP contribution is -2.29. The first kappa shape index (κ1) is 16.7. The molecule has 0 heterocycles. The maximum absolute atomic E-state index is 12.6. The molecule has 0 aliphatic carbocycles. The third-order valence-corrected chi connectivity index (χ3v) is 3.98. The molecule has 0 saturated carbocycles. The van der Waals surface area contributed by atoms with Crippen LogP contribution in [0.2, 0.25) is 0 Å². The van der Waals surface area contributed by atoms with Gasteiger partial charge in [-0.15, -0.1) is 0 Å². The molecule has 23 heavy (non-hydrogen) atoms. The standard InChI is InChI=1S/C19H21NO3/c1-13-8-10-16(11-9-13)20-19(23)17(12-18(21)22)14(2)15-6-4-3-5-7-15/h3-11,14,17H,12H2,1-2H3,(H,20,23)(H,21,22). The van der Waals surface area contributed by atoms with E-state index in [1.165, 1.54) is 0 Å². The van der Waals surface area contributed by atoms with Gasteiger partial charge in [-0.05, 0) is 30.5 Å². The Morgan fingerprint density at radius 1 is 1.04 bits per heavy atom. The van der Waals surface area contributed by atoms with Crippen LogP contribution in [0.3, 0.4) is 0 Å². The van der Waals surface area contributed by atoms with E-state index in [1.807, 2.05) is 68.4 Å². The minimum Gasteiger partial charge on any atom is -0.481 e. The number of amides is 1. The molecule has 2 aromatic rings. The van der Waals surface area contributed by atoms with Crippen molar-refractivity contribution < 1.29 is 14.7 Å². The summed E-state index contributed by atoms with van der Waals surface area (Å²) in [6.07, 6.45) is -0.201. The summed E-state index contributed by atoms with van der Waals surface area (Å²) < 4.78 is 0. The zero-order chi connectivity index (χ0) is 16.8. The van der Waals surface area contributed by atoms with Crippen molar-refractivity contribution in [2.45, 2.75) is 26.2 Å². The predicted octanol–water partition coefficient (Wildman–Crippen LogP) is 3.83. The zero-order valence-corrected chi connectivity index (χ0v) is 13.3. The molecule has 2 rings (SSSR count). The van der Waals surface area contributed by atoms with E-state index in [0.29, 0.717) is 5.69 Å². The van der Waals surface area contributed by atoms with Crippen LogP contribution in [0.5, 0.6) is 0 Å². The van der Waals surface area contributed by atoms with Gasteiger partial charge in [-0.2, -0.15) is 0 Å². The van der Waals surface area contributed by atoms with Crippen LogP contribution in [0.1, 0.15) is 30.4 Å². The summed E-state index contributed by atoms with van der Waals surface area (Å²) in [4.78, 5) is 23.7. The average molecular weight is 311 g/mol. The van der Waals surface area contributed by atoms with Crippen molar-refractivity contribution in [1.29, 1.82) is 0 Å². The minimum atomic E-state index is -0.975. The first-order valence-electron chi connectivity index (χ1n) is 7.61. The second-order valence-corrected chi connectivity index (χ2v) is 5.76. The molecule has 4 heteroatoms. The number of carbonyl (C=O) groups excluding carboxylic acids is 1. The van der Waals surface area contributed by atoms with Crippen LogP contribution in [0.15, 0.2) is 54.6 Å². The number of aryl methyl sites for hydroxylation is 1. The van der Waals surface area contributed by atoms with Gasteiger partial charge in [0.1, 0.15) is 0 Å². The average Bonchev–Trinajstić information content (AvgIpc) is 2.54. The quantitative estimate of drug-likeness (QED) is 0.852. The number of anilines is 1. The van der Waals surface area contributed by atoms with E-state index in [2.05, 4.69) is 5.32 Å². The normalized spacial score (nSPS) is 13.1. The number of carboxylic acids is 1. The maximum Gasteiger partial charge on any atom is 0.304 e. The van der Waals surface area contributed by atoms with Gasteiger partial charge in [0.05, 0.1) is 12.3 Å². The molecule has 0 aliphatic heterocycles. The van der Waals surface area contributed by atoms with Gasteiger partial charge in [0.2, 0.25) is 5.91 Å². The summed E-state index contributed by atoms with van der Waals surface area (Å²) in [7, 11) is 0. The highest BCUT2D eigenvalue weighted by molar-refractivity contribution is 5.95. The van der Waals surface area contributed by atoms with E-state index >= 15 is 0 Å². The number of benzene rings is 2.